The molecule has 0 unspecified atom stereocenters. The highest BCUT2D eigenvalue weighted by atomic mass is 16.5. The fourth-order valence-electron chi connectivity index (χ4n) is 1.13. The van der Waals surface area contributed by atoms with Gasteiger partial charge in [0.15, 0.2) is 0 Å². The second-order valence-corrected chi connectivity index (χ2v) is 3.65. The Kier molecular flexibility index (Phi) is 3.69. The molecule has 0 aromatic heterocycles. The summed E-state index contributed by atoms with van der Waals surface area (Å²) < 4.78 is 4.95. The first kappa shape index (κ1) is 10.5. The van der Waals surface area contributed by atoms with Crippen molar-refractivity contribution in [3.05, 3.63) is 0 Å². The monoisotopic (exact) mass is 186 g/mol. The third-order valence-electron chi connectivity index (χ3n) is 2.54. The second kappa shape index (κ2) is 4.58. The Morgan fingerprint density at radius 3 is 2.69 bits per heavy atom. The third kappa shape index (κ3) is 2.67. The van der Waals surface area contributed by atoms with Gasteiger partial charge in [0.1, 0.15) is 0 Å². The van der Waals surface area contributed by atoms with Crippen LogP contribution in [0.2, 0.25) is 0 Å². The van der Waals surface area contributed by atoms with Crippen LogP contribution in [-0.4, -0.2) is 31.2 Å². The summed E-state index contributed by atoms with van der Waals surface area (Å²) in [6.07, 6.45) is 0.926. The van der Waals surface area contributed by atoms with Gasteiger partial charge in [0.25, 0.3) is 0 Å². The number of rotatable bonds is 4. The maximum Gasteiger partial charge on any atom is 0.237 e. The Labute approximate surface area is 78.8 Å². The largest absolute Gasteiger partial charge is 0.377 e. The minimum Gasteiger partial charge on any atom is -0.377 e. The number of carbonyl (C=O) groups excluding carboxylic acids is 1. The van der Waals surface area contributed by atoms with Crippen LogP contribution in [0.3, 0.4) is 0 Å². The smallest absolute Gasteiger partial charge is 0.237 e. The fraction of sp³-hybridized carbons (Fsp3) is 0.889. The third-order valence-corrected chi connectivity index (χ3v) is 2.54. The quantitative estimate of drug-likeness (QED) is 0.643. The number of ether oxygens (including phenoxy) is 1. The summed E-state index contributed by atoms with van der Waals surface area (Å²) in [4.78, 5) is 11.5. The van der Waals surface area contributed by atoms with Crippen molar-refractivity contribution in [2.75, 3.05) is 13.2 Å². The molecule has 1 aliphatic heterocycles. The maximum absolute atomic E-state index is 11.5. The zero-order valence-electron chi connectivity index (χ0n) is 8.25. The number of hydrogen-bond acceptors (Lipinski definition) is 3. The molecule has 0 bridgehead atoms. The Balaban J connectivity index is 2.28. The van der Waals surface area contributed by atoms with E-state index in [1.165, 1.54) is 0 Å². The molecule has 2 atom stereocenters. The molecule has 0 aromatic carbocycles. The highest BCUT2D eigenvalue weighted by Gasteiger charge is 2.25. The summed E-state index contributed by atoms with van der Waals surface area (Å²) >= 11 is 0. The standard InChI is InChI=1S/C9H18N2O2/c1-3-6(2)8(10)9(12)11-7-4-13-5-7/h6-8H,3-5,10H2,1-2H3,(H,11,12)/t6-,8-/m0/s1. The molecule has 4 nitrogen and oxygen atoms in total. The molecule has 1 heterocycles. The normalized spacial score (nSPS) is 21.8. The lowest BCUT2D eigenvalue weighted by Gasteiger charge is -2.29. The first-order valence-electron chi connectivity index (χ1n) is 4.78. The summed E-state index contributed by atoms with van der Waals surface area (Å²) in [7, 11) is 0. The number of nitrogens with two attached hydrogens (primary N) is 1. The van der Waals surface area contributed by atoms with Crippen molar-refractivity contribution >= 4 is 5.91 Å². The summed E-state index contributed by atoms with van der Waals surface area (Å²) in [5.41, 5.74) is 5.75. The van der Waals surface area contributed by atoms with Gasteiger partial charge in [-0.05, 0) is 5.92 Å². The SMILES string of the molecule is CC[C@H](C)[C@H](N)C(=O)NC1COC1. The van der Waals surface area contributed by atoms with Crippen molar-refractivity contribution in [2.45, 2.75) is 32.4 Å². The van der Waals surface area contributed by atoms with E-state index in [9.17, 15) is 4.79 Å². The lowest BCUT2D eigenvalue weighted by atomic mass is 9.99. The van der Waals surface area contributed by atoms with E-state index in [1.807, 2.05) is 13.8 Å². The second-order valence-electron chi connectivity index (χ2n) is 3.65. The average molecular weight is 186 g/mol. The van der Waals surface area contributed by atoms with Crippen molar-refractivity contribution in [2.24, 2.45) is 11.7 Å². The Morgan fingerprint density at radius 2 is 2.31 bits per heavy atom. The van der Waals surface area contributed by atoms with Gasteiger partial charge in [0.2, 0.25) is 5.91 Å². The summed E-state index contributed by atoms with van der Waals surface area (Å²) in [6, 6.07) is -0.201. The topological polar surface area (TPSA) is 64.4 Å². The Bertz CT molecular complexity index is 180. The number of carbonyl (C=O) groups is 1. The molecule has 0 saturated carbocycles. The van der Waals surface area contributed by atoms with Gasteiger partial charge in [0, 0.05) is 0 Å². The van der Waals surface area contributed by atoms with Crippen LogP contribution in [-0.2, 0) is 9.53 Å². The molecule has 13 heavy (non-hydrogen) atoms. The fourth-order valence-corrected chi connectivity index (χ4v) is 1.13. The van der Waals surface area contributed by atoms with Crippen LogP contribution in [0.4, 0.5) is 0 Å². The summed E-state index contributed by atoms with van der Waals surface area (Å²) in [6.45, 7) is 5.27. The van der Waals surface area contributed by atoms with Crippen LogP contribution in [0.15, 0.2) is 0 Å². The lowest BCUT2D eigenvalue weighted by Crippen LogP contribution is -2.54. The van der Waals surface area contributed by atoms with Crippen molar-refractivity contribution in [3.8, 4) is 0 Å². The van der Waals surface area contributed by atoms with Crippen molar-refractivity contribution in [1.82, 2.24) is 5.32 Å². The van der Waals surface area contributed by atoms with E-state index in [2.05, 4.69) is 5.32 Å². The van der Waals surface area contributed by atoms with Gasteiger partial charge >= 0.3 is 0 Å². The van der Waals surface area contributed by atoms with Gasteiger partial charge in [-0.15, -0.1) is 0 Å². The molecule has 76 valence electrons. The zero-order chi connectivity index (χ0) is 9.84. The predicted molar refractivity (Wildman–Crippen MR) is 50.2 cm³/mol. The van der Waals surface area contributed by atoms with E-state index in [4.69, 9.17) is 10.5 Å². The van der Waals surface area contributed by atoms with Gasteiger partial charge in [-0.25, -0.2) is 0 Å². The van der Waals surface area contributed by atoms with Gasteiger partial charge in [-0.3, -0.25) is 4.79 Å². The van der Waals surface area contributed by atoms with Gasteiger partial charge < -0.3 is 15.8 Å². The highest BCUT2D eigenvalue weighted by molar-refractivity contribution is 5.82. The van der Waals surface area contributed by atoms with Gasteiger partial charge in [0.05, 0.1) is 25.3 Å². The highest BCUT2D eigenvalue weighted by Crippen LogP contribution is 2.06. The average Bonchev–Trinajstić information content (AvgIpc) is 2.08. The van der Waals surface area contributed by atoms with Crippen LogP contribution in [0, 0.1) is 5.92 Å². The van der Waals surface area contributed by atoms with E-state index in [-0.39, 0.29) is 23.9 Å². The molecule has 1 fully saturated rings. The number of nitrogens with one attached hydrogen (secondary N) is 1. The Hall–Kier alpha value is -0.610. The molecule has 1 amide bonds. The van der Waals surface area contributed by atoms with Crippen molar-refractivity contribution < 1.29 is 9.53 Å². The predicted octanol–water partition coefficient (Wildman–Crippen LogP) is -0.125. The molecule has 0 radical (unpaired) electrons. The van der Waals surface area contributed by atoms with E-state index in [0.29, 0.717) is 13.2 Å². The maximum atomic E-state index is 11.5. The molecule has 0 aromatic rings. The first-order chi connectivity index (χ1) is 6.15. The summed E-state index contributed by atoms with van der Waals surface area (Å²) in [5, 5.41) is 2.84. The van der Waals surface area contributed by atoms with E-state index >= 15 is 0 Å². The Morgan fingerprint density at radius 1 is 1.69 bits per heavy atom. The molecule has 1 saturated heterocycles. The van der Waals surface area contributed by atoms with Crippen LogP contribution in [0.1, 0.15) is 20.3 Å². The molecule has 1 aliphatic rings. The molecule has 0 aliphatic carbocycles. The lowest BCUT2D eigenvalue weighted by molar-refractivity contribution is -0.127. The molecule has 0 spiro atoms. The van der Waals surface area contributed by atoms with Crippen LogP contribution in [0.5, 0.6) is 0 Å². The first-order valence-corrected chi connectivity index (χ1v) is 4.78. The minimum absolute atomic E-state index is 0.0531. The van der Waals surface area contributed by atoms with E-state index in [0.717, 1.165) is 6.42 Å². The van der Waals surface area contributed by atoms with E-state index in [1.54, 1.807) is 0 Å². The molecular weight excluding hydrogens is 168 g/mol. The molecule has 4 heteroatoms. The van der Waals surface area contributed by atoms with Gasteiger partial charge in [-0.2, -0.15) is 0 Å². The van der Waals surface area contributed by atoms with Crippen LogP contribution >= 0.6 is 0 Å². The van der Waals surface area contributed by atoms with E-state index < -0.39 is 0 Å². The zero-order valence-corrected chi connectivity index (χ0v) is 8.25. The van der Waals surface area contributed by atoms with Crippen LogP contribution < -0.4 is 11.1 Å². The van der Waals surface area contributed by atoms with Crippen molar-refractivity contribution in [1.29, 1.82) is 0 Å². The van der Waals surface area contributed by atoms with Crippen molar-refractivity contribution in [3.63, 3.8) is 0 Å². The number of hydrogen-bond donors (Lipinski definition) is 2. The van der Waals surface area contributed by atoms with Gasteiger partial charge in [-0.1, -0.05) is 20.3 Å². The minimum atomic E-state index is -0.384. The molecule has 3 N–H and O–H groups in total. The molecule has 1 rings (SSSR count). The summed E-state index contributed by atoms with van der Waals surface area (Å²) in [5.74, 6) is 0.184. The van der Waals surface area contributed by atoms with Crippen LogP contribution in [0.25, 0.3) is 0 Å². The molecular formula is C9H18N2O2. The number of amides is 1.